The molecule has 1 aliphatic rings. The number of nitrogens with zero attached hydrogens (tertiary/aromatic N) is 3. The Bertz CT molecular complexity index is 420. The summed E-state index contributed by atoms with van der Waals surface area (Å²) in [5.41, 5.74) is 1.78. The molecule has 1 saturated carbocycles. The van der Waals surface area contributed by atoms with Gasteiger partial charge in [0, 0.05) is 12.6 Å². The van der Waals surface area contributed by atoms with Crippen LogP contribution < -0.4 is 4.90 Å². The van der Waals surface area contributed by atoms with Gasteiger partial charge in [0.2, 0.25) is 0 Å². The predicted octanol–water partition coefficient (Wildman–Crippen LogP) is 2.41. The Balaban J connectivity index is 2.08. The number of rotatable bonds is 6. The summed E-state index contributed by atoms with van der Waals surface area (Å²) in [5, 5.41) is 18.4. The molecule has 1 unspecified atom stereocenters. The van der Waals surface area contributed by atoms with Gasteiger partial charge in [0.15, 0.2) is 0 Å². The topological polar surface area (TPSA) is 60.1 Å². The van der Waals surface area contributed by atoms with Crippen molar-refractivity contribution in [2.45, 2.75) is 44.8 Å². The number of hydrogen-bond donors (Lipinski definition) is 1. The average molecular weight is 245 g/mol. The highest BCUT2D eigenvalue weighted by Gasteiger charge is 2.29. The number of aromatic nitrogens is 1. The smallest absolute Gasteiger partial charge is 0.0957 e. The van der Waals surface area contributed by atoms with Gasteiger partial charge in [-0.3, -0.25) is 4.98 Å². The van der Waals surface area contributed by atoms with Crippen LogP contribution in [0.2, 0.25) is 0 Å². The third kappa shape index (κ3) is 2.99. The summed E-state index contributed by atoms with van der Waals surface area (Å²) >= 11 is 0. The fourth-order valence-electron chi connectivity index (χ4n) is 2.05. The van der Waals surface area contributed by atoms with E-state index in [0.717, 1.165) is 17.9 Å². The molecule has 1 aromatic rings. The molecule has 1 aromatic heterocycles. The second kappa shape index (κ2) is 5.83. The molecule has 1 N–H and O–H groups in total. The van der Waals surface area contributed by atoms with Crippen molar-refractivity contribution >= 4 is 5.69 Å². The van der Waals surface area contributed by atoms with Crippen molar-refractivity contribution in [1.29, 1.82) is 5.26 Å². The summed E-state index contributed by atoms with van der Waals surface area (Å²) in [4.78, 5) is 6.56. The minimum absolute atomic E-state index is 0.479. The van der Waals surface area contributed by atoms with Crippen LogP contribution in [0, 0.1) is 11.3 Å². The molecule has 4 heteroatoms. The lowest BCUT2D eigenvalue weighted by Crippen LogP contribution is -2.26. The molecule has 1 fully saturated rings. The van der Waals surface area contributed by atoms with E-state index in [4.69, 9.17) is 5.26 Å². The lowest BCUT2D eigenvalue weighted by atomic mass is 10.2. The molecule has 1 heterocycles. The number of aliphatic hydroxyl groups is 1. The Hall–Kier alpha value is -1.60. The molecular formula is C14H19N3O. The molecule has 2 rings (SSSR count). The molecule has 96 valence electrons. The summed E-state index contributed by atoms with van der Waals surface area (Å²) in [6.07, 6.45) is 4.94. The Morgan fingerprint density at radius 2 is 2.33 bits per heavy atom. The zero-order valence-electron chi connectivity index (χ0n) is 10.7. The number of aliphatic hydroxyl groups excluding tert-OH is 1. The standard InChI is InChI=1S/C14H19N3O/c1-2-14(18)13-7-6-12(10-16-13)17(9-3-8-15)11-4-5-11/h6-7,10-11,14,18H,2-5,9H2,1H3. The third-order valence-corrected chi connectivity index (χ3v) is 3.28. The number of hydrogen-bond acceptors (Lipinski definition) is 4. The molecule has 4 nitrogen and oxygen atoms in total. The maximum Gasteiger partial charge on any atom is 0.0957 e. The maximum absolute atomic E-state index is 9.70. The van der Waals surface area contributed by atoms with Gasteiger partial charge in [-0.25, -0.2) is 0 Å². The largest absolute Gasteiger partial charge is 0.387 e. The molecule has 0 aromatic carbocycles. The molecule has 0 saturated heterocycles. The van der Waals surface area contributed by atoms with Crippen LogP contribution in [0.4, 0.5) is 5.69 Å². The van der Waals surface area contributed by atoms with Gasteiger partial charge in [-0.15, -0.1) is 0 Å². The predicted molar refractivity (Wildman–Crippen MR) is 70.1 cm³/mol. The fraction of sp³-hybridized carbons (Fsp3) is 0.571. The van der Waals surface area contributed by atoms with Crippen LogP contribution >= 0.6 is 0 Å². The van der Waals surface area contributed by atoms with Crippen molar-refractivity contribution in [2.24, 2.45) is 0 Å². The van der Waals surface area contributed by atoms with Crippen LogP contribution in [0.15, 0.2) is 18.3 Å². The zero-order chi connectivity index (χ0) is 13.0. The summed E-state index contributed by atoms with van der Waals surface area (Å²) < 4.78 is 0. The van der Waals surface area contributed by atoms with Crippen molar-refractivity contribution in [3.8, 4) is 6.07 Å². The summed E-state index contributed by atoms with van der Waals surface area (Å²) in [7, 11) is 0. The average Bonchev–Trinajstić information content (AvgIpc) is 3.24. The van der Waals surface area contributed by atoms with E-state index >= 15 is 0 Å². The monoisotopic (exact) mass is 245 g/mol. The molecule has 0 aliphatic heterocycles. The van der Waals surface area contributed by atoms with Crippen molar-refractivity contribution in [3.05, 3.63) is 24.0 Å². The summed E-state index contributed by atoms with van der Waals surface area (Å²) in [6.45, 7) is 2.70. The van der Waals surface area contributed by atoms with Gasteiger partial charge >= 0.3 is 0 Å². The SMILES string of the molecule is CCC(O)c1ccc(N(CCC#N)C2CC2)cn1. The quantitative estimate of drug-likeness (QED) is 0.836. The van der Waals surface area contributed by atoms with Gasteiger partial charge in [0.05, 0.1) is 36.2 Å². The van der Waals surface area contributed by atoms with Crippen LogP contribution in [0.25, 0.3) is 0 Å². The molecule has 1 atom stereocenters. The summed E-state index contributed by atoms with van der Waals surface area (Å²) in [5.74, 6) is 0. The molecule has 0 amide bonds. The van der Waals surface area contributed by atoms with E-state index in [1.54, 1.807) is 0 Å². The van der Waals surface area contributed by atoms with Crippen molar-refractivity contribution in [3.63, 3.8) is 0 Å². The Kier molecular flexibility index (Phi) is 4.16. The van der Waals surface area contributed by atoms with E-state index in [9.17, 15) is 5.11 Å². The van der Waals surface area contributed by atoms with Crippen molar-refractivity contribution < 1.29 is 5.11 Å². The van der Waals surface area contributed by atoms with Gasteiger partial charge in [-0.1, -0.05) is 6.92 Å². The Morgan fingerprint density at radius 3 is 2.83 bits per heavy atom. The van der Waals surface area contributed by atoms with E-state index in [-0.39, 0.29) is 0 Å². The van der Waals surface area contributed by atoms with E-state index in [1.807, 2.05) is 25.3 Å². The first-order valence-electron chi connectivity index (χ1n) is 6.54. The van der Waals surface area contributed by atoms with Crippen LogP contribution in [-0.2, 0) is 0 Å². The molecular weight excluding hydrogens is 226 g/mol. The highest BCUT2D eigenvalue weighted by Crippen LogP contribution is 2.31. The number of nitriles is 1. The fourth-order valence-corrected chi connectivity index (χ4v) is 2.05. The molecule has 18 heavy (non-hydrogen) atoms. The maximum atomic E-state index is 9.70. The van der Waals surface area contributed by atoms with Crippen LogP contribution in [0.1, 0.15) is 44.4 Å². The first-order chi connectivity index (χ1) is 8.76. The molecule has 0 radical (unpaired) electrons. The Morgan fingerprint density at radius 1 is 1.56 bits per heavy atom. The number of anilines is 1. The van der Waals surface area contributed by atoms with Crippen molar-refractivity contribution in [2.75, 3.05) is 11.4 Å². The van der Waals surface area contributed by atoms with Crippen LogP contribution in [-0.4, -0.2) is 22.7 Å². The van der Waals surface area contributed by atoms with Crippen LogP contribution in [0.3, 0.4) is 0 Å². The van der Waals surface area contributed by atoms with Crippen molar-refractivity contribution in [1.82, 2.24) is 4.98 Å². The van der Waals surface area contributed by atoms with E-state index in [2.05, 4.69) is 16.0 Å². The van der Waals surface area contributed by atoms with Gasteiger partial charge in [0.1, 0.15) is 0 Å². The molecule has 0 spiro atoms. The lowest BCUT2D eigenvalue weighted by molar-refractivity contribution is 0.169. The lowest BCUT2D eigenvalue weighted by Gasteiger charge is -2.23. The minimum atomic E-state index is -0.479. The van der Waals surface area contributed by atoms with E-state index in [1.165, 1.54) is 12.8 Å². The van der Waals surface area contributed by atoms with E-state index in [0.29, 0.717) is 18.9 Å². The number of pyridine rings is 1. The highest BCUT2D eigenvalue weighted by atomic mass is 16.3. The Labute approximate surface area is 108 Å². The van der Waals surface area contributed by atoms with Gasteiger partial charge in [-0.05, 0) is 31.4 Å². The first kappa shape index (κ1) is 12.8. The molecule has 0 bridgehead atoms. The van der Waals surface area contributed by atoms with Gasteiger partial charge in [0.25, 0.3) is 0 Å². The third-order valence-electron chi connectivity index (χ3n) is 3.28. The second-order valence-corrected chi connectivity index (χ2v) is 4.70. The molecule has 1 aliphatic carbocycles. The van der Waals surface area contributed by atoms with Gasteiger partial charge in [-0.2, -0.15) is 5.26 Å². The normalized spacial score (nSPS) is 16.1. The second-order valence-electron chi connectivity index (χ2n) is 4.70. The first-order valence-corrected chi connectivity index (χ1v) is 6.54. The zero-order valence-corrected chi connectivity index (χ0v) is 10.7. The minimum Gasteiger partial charge on any atom is -0.387 e. The van der Waals surface area contributed by atoms with Crippen LogP contribution in [0.5, 0.6) is 0 Å². The van der Waals surface area contributed by atoms with Gasteiger partial charge < -0.3 is 10.0 Å². The summed E-state index contributed by atoms with van der Waals surface area (Å²) in [6, 6.07) is 6.64. The van der Waals surface area contributed by atoms with E-state index < -0.39 is 6.10 Å². The highest BCUT2D eigenvalue weighted by molar-refractivity contribution is 5.47.